The van der Waals surface area contributed by atoms with Crippen LogP contribution in [0.25, 0.3) is 0 Å². The van der Waals surface area contributed by atoms with Crippen molar-refractivity contribution in [1.82, 2.24) is 9.62 Å². The van der Waals surface area contributed by atoms with E-state index in [-0.39, 0.29) is 23.5 Å². The molecule has 0 aromatic heterocycles. The van der Waals surface area contributed by atoms with E-state index >= 15 is 0 Å². The summed E-state index contributed by atoms with van der Waals surface area (Å²) in [6.45, 7) is 3.27. The summed E-state index contributed by atoms with van der Waals surface area (Å²) in [5.74, 6) is 0.154. The summed E-state index contributed by atoms with van der Waals surface area (Å²) in [4.78, 5) is 14.4. The lowest BCUT2D eigenvalue weighted by Crippen LogP contribution is -2.47. The van der Waals surface area contributed by atoms with Crippen LogP contribution in [-0.2, 0) is 20.0 Å². The molecule has 2 aliphatic heterocycles. The molecule has 28 heavy (non-hydrogen) atoms. The highest BCUT2D eigenvalue weighted by Gasteiger charge is 2.29. The molecule has 0 radical (unpaired) electrons. The van der Waals surface area contributed by atoms with Crippen molar-refractivity contribution in [1.29, 1.82) is 0 Å². The van der Waals surface area contributed by atoms with Gasteiger partial charge in [-0.25, -0.2) is 21.6 Å². The van der Waals surface area contributed by atoms with Crippen LogP contribution in [0.1, 0.15) is 43.0 Å². The highest BCUT2D eigenvalue weighted by Crippen LogP contribution is 2.25. The highest BCUT2D eigenvalue weighted by molar-refractivity contribution is 7.93. The fourth-order valence-corrected chi connectivity index (χ4v) is 6.63. The van der Waals surface area contributed by atoms with Crippen LogP contribution >= 0.6 is 0 Å². The van der Waals surface area contributed by atoms with Crippen LogP contribution in [0.4, 0.5) is 5.69 Å². The molecule has 2 fully saturated rings. The standard InChI is InChI=1S/C18H27N3O5S2/c1-2-13-27(23,24)19-16-8-11-20(12-9-16)18(22)15-4-6-17(7-5-15)21-10-3-14-28(21,25)26/h4-7,16,19H,2-3,8-14H2,1H3. The van der Waals surface area contributed by atoms with E-state index in [9.17, 15) is 21.6 Å². The third kappa shape index (κ3) is 4.84. The number of sulfonamides is 2. The Morgan fingerprint density at radius 1 is 1.14 bits per heavy atom. The van der Waals surface area contributed by atoms with E-state index in [1.807, 2.05) is 6.92 Å². The average molecular weight is 430 g/mol. The minimum absolute atomic E-state index is 0.116. The number of carbonyl (C=O) groups excluding carboxylic acids is 1. The molecule has 1 aromatic carbocycles. The molecule has 1 N–H and O–H groups in total. The first-order chi connectivity index (χ1) is 13.2. The quantitative estimate of drug-likeness (QED) is 0.731. The van der Waals surface area contributed by atoms with Crippen molar-refractivity contribution in [3.8, 4) is 0 Å². The maximum absolute atomic E-state index is 12.7. The van der Waals surface area contributed by atoms with Crippen LogP contribution in [0.5, 0.6) is 0 Å². The Morgan fingerprint density at radius 2 is 1.79 bits per heavy atom. The number of likely N-dealkylation sites (tertiary alicyclic amines) is 1. The first-order valence-electron chi connectivity index (χ1n) is 9.61. The molecule has 1 aromatic rings. The summed E-state index contributed by atoms with van der Waals surface area (Å²) in [5, 5.41) is 0. The number of anilines is 1. The van der Waals surface area contributed by atoms with Gasteiger partial charge in [0.25, 0.3) is 5.91 Å². The van der Waals surface area contributed by atoms with Crippen LogP contribution in [0, 0.1) is 0 Å². The maximum Gasteiger partial charge on any atom is 0.253 e. The number of amides is 1. The molecule has 0 unspecified atom stereocenters. The van der Waals surface area contributed by atoms with Gasteiger partial charge in [0.1, 0.15) is 0 Å². The third-order valence-electron chi connectivity index (χ3n) is 5.10. The van der Waals surface area contributed by atoms with Gasteiger partial charge in [0, 0.05) is 31.2 Å². The number of hydrogen-bond acceptors (Lipinski definition) is 5. The molecule has 0 atom stereocenters. The highest BCUT2D eigenvalue weighted by atomic mass is 32.2. The SMILES string of the molecule is CCCS(=O)(=O)NC1CCN(C(=O)c2ccc(N3CCCS3(=O)=O)cc2)CC1. The Morgan fingerprint density at radius 3 is 2.32 bits per heavy atom. The van der Waals surface area contributed by atoms with Crippen LogP contribution in [0.15, 0.2) is 24.3 Å². The first-order valence-corrected chi connectivity index (χ1v) is 12.9. The van der Waals surface area contributed by atoms with E-state index in [1.54, 1.807) is 29.2 Å². The second-order valence-corrected chi connectivity index (χ2v) is 11.2. The van der Waals surface area contributed by atoms with Crippen molar-refractivity contribution in [3.05, 3.63) is 29.8 Å². The van der Waals surface area contributed by atoms with Crippen molar-refractivity contribution in [2.75, 3.05) is 35.4 Å². The van der Waals surface area contributed by atoms with E-state index in [0.29, 0.717) is 56.6 Å². The van der Waals surface area contributed by atoms with Gasteiger partial charge in [-0.05, 0) is 49.9 Å². The normalized spacial score (nSPS) is 20.5. The van der Waals surface area contributed by atoms with Gasteiger partial charge in [-0.15, -0.1) is 0 Å². The zero-order valence-corrected chi connectivity index (χ0v) is 17.6. The van der Waals surface area contributed by atoms with Gasteiger partial charge < -0.3 is 4.90 Å². The number of rotatable bonds is 6. The number of piperidine rings is 1. The summed E-state index contributed by atoms with van der Waals surface area (Å²) in [7, 11) is -6.49. The van der Waals surface area contributed by atoms with Crippen LogP contribution in [0.2, 0.25) is 0 Å². The van der Waals surface area contributed by atoms with E-state index in [4.69, 9.17) is 0 Å². The van der Waals surface area contributed by atoms with Gasteiger partial charge in [0.2, 0.25) is 20.0 Å². The van der Waals surface area contributed by atoms with Crippen molar-refractivity contribution in [2.45, 2.75) is 38.6 Å². The van der Waals surface area contributed by atoms with Crippen molar-refractivity contribution in [3.63, 3.8) is 0 Å². The Kier molecular flexibility index (Phi) is 6.31. The summed E-state index contributed by atoms with van der Waals surface area (Å²) in [6, 6.07) is 6.51. The van der Waals surface area contributed by atoms with Gasteiger partial charge in [0.15, 0.2) is 0 Å². The molecular formula is C18H27N3O5S2. The molecule has 156 valence electrons. The Hall–Kier alpha value is -1.65. The second-order valence-electron chi connectivity index (χ2n) is 7.29. The topological polar surface area (TPSA) is 104 Å². The molecule has 0 aliphatic carbocycles. The van der Waals surface area contributed by atoms with Crippen molar-refractivity contribution < 1.29 is 21.6 Å². The molecule has 1 amide bonds. The summed E-state index contributed by atoms with van der Waals surface area (Å²) in [6.07, 6.45) is 2.35. The zero-order chi connectivity index (χ0) is 20.4. The van der Waals surface area contributed by atoms with Crippen LogP contribution < -0.4 is 9.03 Å². The molecule has 0 bridgehead atoms. The Balaban J connectivity index is 1.58. The molecule has 0 spiro atoms. The molecule has 0 saturated carbocycles. The number of nitrogens with one attached hydrogen (secondary N) is 1. The number of carbonyl (C=O) groups is 1. The van der Waals surface area contributed by atoms with Crippen LogP contribution in [-0.4, -0.2) is 64.8 Å². The molecular weight excluding hydrogens is 402 g/mol. The summed E-state index contributed by atoms with van der Waals surface area (Å²) >= 11 is 0. The van der Waals surface area contributed by atoms with Gasteiger partial charge >= 0.3 is 0 Å². The smallest absolute Gasteiger partial charge is 0.253 e. The van der Waals surface area contributed by atoms with Crippen LogP contribution in [0.3, 0.4) is 0 Å². The molecule has 8 nitrogen and oxygen atoms in total. The summed E-state index contributed by atoms with van der Waals surface area (Å²) < 4.78 is 51.9. The lowest BCUT2D eigenvalue weighted by atomic mass is 10.0. The Bertz CT molecular complexity index is 905. The van der Waals surface area contributed by atoms with Crippen molar-refractivity contribution in [2.24, 2.45) is 0 Å². The van der Waals surface area contributed by atoms with Gasteiger partial charge in [-0.2, -0.15) is 0 Å². The second kappa shape index (κ2) is 8.38. The largest absolute Gasteiger partial charge is 0.339 e. The lowest BCUT2D eigenvalue weighted by Gasteiger charge is -2.32. The van der Waals surface area contributed by atoms with E-state index in [2.05, 4.69) is 4.72 Å². The van der Waals surface area contributed by atoms with E-state index in [0.717, 1.165) is 0 Å². The fourth-order valence-electron chi connectivity index (χ4n) is 3.66. The molecule has 10 heteroatoms. The third-order valence-corrected chi connectivity index (χ3v) is 8.61. The minimum atomic E-state index is -3.25. The zero-order valence-electron chi connectivity index (χ0n) is 16.0. The lowest BCUT2D eigenvalue weighted by molar-refractivity contribution is 0.0711. The molecule has 2 saturated heterocycles. The average Bonchev–Trinajstić information content (AvgIpc) is 3.00. The van der Waals surface area contributed by atoms with Gasteiger partial charge in [-0.3, -0.25) is 9.10 Å². The first kappa shape index (κ1) is 21.1. The van der Waals surface area contributed by atoms with E-state index in [1.165, 1.54) is 4.31 Å². The van der Waals surface area contributed by atoms with Crippen molar-refractivity contribution >= 4 is 31.6 Å². The molecule has 2 heterocycles. The van der Waals surface area contributed by atoms with Gasteiger partial charge in [0.05, 0.1) is 17.2 Å². The molecule has 2 aliphatic rings. The maximum atomic E-state index is 12.7. The number of benzene rings is 1. The monoisotopic (exact) mass is 429 g/mol. The fraction of sp³-hybridized carbons (Fsp3) is 0.611. The minimum Gasteiger partial charge on any atom is -0.339 e. The van der Waals surface area contributed by atoms with E-state index < -0.39 is 20.0 Å². The number of nitrogens with zero attached hydrogens (tertiary/aromatic N) is 2. The summed E-state index contributed by atoms with van der Waals surface area (Å²) in [5.41, 5.74) is 1.09. The Labute approximate surface area is 167 Å². The number of hydrogen-bond donors (Lipinski definition) is 1. The molecule has 3 rings (SSSR count). The predicted molar refractivity (Wildman–Crippen MR) is 108 cm³/mol. The predicted octanol–water partition coefficient (Wildman–Crippen LogP) is 1.16. The van der Waals surface area contributed by atoms with Gasteiger partial charge in [-0.1, -0.05) is 6.92 Å².